The van der Waals surface area contributed by atoms with E-state index in [-0.39, 0.29) is 8.76 Å². The number of rotatable bonds is 5. The molecule has 4 nitrogen and oxygen atoms in total. The summed E-state index contributed by atoms with van der Waals surface area (Å²) in [5.74, 6) is 0.0503. The summed E-state index contributed by atoms with van der Waals surface area (Å²) in [6, 6.07) is 0. The lowest BCUT2D eigenvalue weighted by molar-refractivity contribution is -0.120. The second kappa shape index (κ2) is 6.12. The molecule has 1 amide bonds. The molecule has 0 aromatic heterocycles. The number of nitrogens with zero attached hydrogens (tertiary/aromatic N) is 1. The highest BCUT2D eigenvalue weighted by Crippen LogP contribution is 1.70. The predicted octanol–water partition coefficient (Wildman–Crippen LogP) is -0.624. The summed E-state index contributed by atoms with van der Waals surface area (Å²) in [5, 5.41) is 5.55. The van der Waals surface area contributed by atoms with Gasteiger partial charge in [0.25, 0.3) is 0 Å². The van der Waals surface area contributed by atoms with E-state index < -0.39 is 0 Å². The molecule has 11 heavy (non-hydrogen) atoms. The third-order valence-corrected chi connectivity index (χ3v) is 1.22. The Morgan fingerprint density at radius 2 is 2.18 bits per heavy atom. The van der Waals surface area contributed by atoms with Crippen LogP contribution in [-0.2, 0) is 4.79 Å². The first-order valence-corrected chi connectivity index (χ1v) is 3.73. The maximum atomic E-state index is 10.8. The number of carbonyl (C=O) groups excluding carboxylic acids is 1. The third kappa shape index (κ3) is 7.29. The van der Waals surface area contributed by atoms with Gasteiger partial charge in [-0.3, -0.25) is 4.79 Å². The van der Waals surface area contributed by atoms with E-state index in [1.54, 1.807) is 7.05 Å². The normalized spacial score (nSPS) is 10.2. The number of hydrogen-bond donors (Lipinski definition) is 2. The highest BCUT2D eigenvalue weighted by molar-refractivity contribution is 5.77. The minimum absolute atomic E-state index is 0. The van der Waals surface area contributed by atoms with E-state index in [4.69, 9.17) is 0 Å². The molecule has 0 aromatic rings. The van der Waals surface area contributed by atoms with Crippen LogP contribution in [0.5, 0.6) is 0 Å². The van der Waals surface area contributed by atoms with E-state index in [9.17, 15) is 4.79 Å². The maximum absolute atomic E-state index is 10.8. The highest BCUT2D eigenvalue weighted by atomic mass is 16.1. The highest BCUT2D eigenvalue weighted by Gasteiger charge is 1.96. The first-order chi connectivity index (χ1) is 5.16. The van der Waals surface area contributed by atoms with Crippen molar-refractivity contribution < 1.29 is 7.65 Å². The van der Waals surface area contributed by atoms with Crippen LogP contribution in [0.4, 0.5) is 0 Å². The fourth-order valence-electron chi connectivity index (χ4n) is 0.642. The van der Waals surface area contributed by atoms with Gasteiger partial charge in [-0.2, -0.15) is 0 Å². The van der Waals surface area contributed by atoms with Crippen LogP contribution in [0.2, 0.25) is 0 Å². The van der Waals surface area contributed by atoms with E-state index in [1.165, 1.54) is 0 Å². The molecule has 0 atom stereocenters. The molecule has 0 fully saturated rings. The molecule has 0 heterocycles. The predicted molar refractivity (Wildman–Crippen MR) is 49.7 cm³/mol. The van der Waals surface area contributed by atoms with E-state index in [1.807, 2.05) is 19.0 Å². The van der Waals surface area contributed by atoms with E-state index in [0.717, 1.165) is 6.54 Å². The Balaban J connectivity index is -0.000000500. The number of carbonyl (C=O) groups is 1. The number of amides is 1. The topological polar surface area (TPSA) is 44.4 Å². The maximum Gasteiger partial charge on any atom is 0.233 e. The average Bonchev–Trinajstić information content (AvgIpc) is 1.87. The van der Waals surface area contributed by atoms with Gasteiger partial charge < -0.3 is 15.5 Å². The number of nitrogens with one attached hydrogen (secondary N) is 2. The summed E-state index contributed by atoms with van der Waals surface area (Å²) in [4.78, 5) is 12.9. The fraction of sp³-hybridized carbons (Fsp3) is 0.857. The molecule has 0 aromatic carbocycles. The summed E-state index contributed by atoms with van der Waals surface area (Å²) >= 11 is 0. The average molecular weight is 163 g/mol. The van der Waals surface area contributed by atoms with Crippen LogP contribution in [0, 0.1) is 0 Å². The Hall–Kier alpha value is -0.610. The second-order valence-electron chi connectivity index (χ2n) is 2.68. The molecule has 0 aliphatic carbocycles. The first kappa shape index (κ1) is 10.4. The molecule has 0 saturated heterocycles. The van der Waals surface area contributed by atoms with E-state index in [0.29, 0.717) is 13.1 Å². The molecule has 0 saturated carbocycles. The zero-order chi connectivity index (χ0) is 8.69. The summed E-state index contributed by atoms with van der Waals surface area (Å²) in [6.07, 6.45) is 0. The minimum Gasteiger partial charge on any atom is -0.354 e. The zero-order valence-corrected chi connectivity index (χ0v) is 7.48. The zero-order valence-electron chi connectivity index (χ0n) is 7.48. The molecule has 70 valence electrons. The molecule has 0 unspecified atom stereocenters. The van der Waals surface area contributed by atoms with Gasteiger partial charge in [0, 0.05) is 15.9 Å². The molecular weight excluding hydrogens is 142 g/mol. The van der Waals surface area contributed by atoms with E-state index in [2.05, 4.69) is 10.6 Å². The SMILES string of the molecule is CNCC(=O)NCCN(C)C.[HH].[HH]. The smallest absolute Gasteiger partial charge is 0.233 e. The van der Waals surface area contributed by atoms with Gasteiger partial charge in [-0.05, 0) is 21.1 Å². The number of hydrogen-bond acceptors (Lipinski definition) is 3. The van der Waals surface area contributed by atoms with Gasteiger partial charge in [0.1, 0.15) is 0 Å². The van der Waals surface area contributed by atoms with Crippen LogP contribution >= 0.6 is 0 Å². The standard InChI is InChI=1S/C7H17N3O.2H2/c1-8-6-7(11)9-4-5-10(2)3;;/h8H,4-6H2,1-3H3,(H,9,11);2*1H. The summed E-state index contributed by atoms with van der Waals surface area (Å²) in [7, 11) is 5.71. The van der Waals surface area contributed by atoms with Gasteiger partial charge in [-0.25, -0.2) is 0 Å². The minimum atomic E-state index is 0. The van der Waals surface area contributed by atoms with Crippen molar-refractivity contribution in [3.05, 3.63) is 0 Å². The van der Waals surface area contributed by atoms with Gasteiger partial charge in [0.05, 0.1) is 6.54 Å². The van der Waals surface area contributed by atoms with Crippen LogP contribution in [-0.4, -0.2) is 51.6 Å². The molecule has 0 spiro atoms. The van der Waals surface area contributed by atoms with Gasteiger partial charge in [-0.15, -0.1) is 0 Å². The molecule has 2 N–H and O–H groups in total. The van der Waals surface area contributed by atoms with Crippen molar-refractivity contribution in [1.82, 2.24) is 15.5 Å². The molecule has 4 heteroatoms. The Morgan fingerprint density at radius 1 is 1.55 bits per heavy atom. The molecule has 0 radical (unpaired) electrons. The Kier molecular flexibility index (Phi) is 5.78. The second-order valence-corrected chi connectivity index (χ2v) is 2.68. The van der Waals surface area contributed by atoms with Crippen molar-refractivity contribution in [2.75, 3.05) is 40.8 Å². The quantitative estimate of drug-likeness (QED) is 0.567. The van der Waals surface area contributed by atoms with Crippen LogP contribution in [0.15, 0.2) is 0 Å². The summed E-state index contributed by atoms with van der Waals surface area (Å²) in [6.45, 7) is 2.00. The Labute approximate surface area is 70.9 Å². The van der Waals surface area contributed by atoms with Crippen LogP contribution in [0.1, 0.15) is 2.85 Å². The van der Waals surface area contributed by atoms with Crippen LogP contribution < -0.4 is 10.6 Å². The van der Waals surface area contributed by atoms with E-state index >= 15 is 0 Å². The van der Waals surface area contributed by atoms with Crippen molar-refractivity contribution in [2.45, 2.75) is 0 Å². The lowest BCUT2D eigenvalue weighted by atomic mass is 10.5. The van der Waals surface area contributed by atoms with Crippen LogP contribution in [0.25, 0.3) is 0 Å². The first-order valence-electron chi connectivity index (χ1n) is 3.73. The van der Waals surface area contributed by atoms with Gasteiger partial charge >= 0.3 is 0 Å². The monoisotopic (exact) mass is 163 g/mol. The van der Waals surface area contributed by atoms with Crippen molar-refractivity contribution >= 4 is 5.91 Å². The van der Waals surface area contributed by atoms with Gasteiger partial charge in [0.2, 0.25) is 5.91 Å². The summed E-state index contributed by atoms with van der Waals surface area (Å²) < 4.78 is 0. The van der Waals surface area contributed by atoms with Crippen molar-refractivity contribution in [3.8, 4) is 0 Å². The summed E-state index contributed by atoms with van der Waals surface area (Å²) in [5.41, 5.74) is 0. The van der Waals surface area contributed by atoms with Crippen molar-refractivity contribution in [2.24, 2.45) is 0 Å². The third-order valence-electron chi connectivity index (χ3n) is 1.22. The fourth-order valence-corrected chi connectivity index (χ4v) is 0.642. The molecule has 0 aliphatic rings. The lowest BCUT2D eigenvalue weighted by Gasteiger charge is -2.09. The lowest BCUT2D eigenvalue weighted by Crippen LogP contribution is -2.36. The van der Waals surface area contributed by atoms with Crippen LogP contribution in [0.3, 0.4) is 0 Å². The Morgan fingerprint density at radius 3 is 2.64 bits per heavy atom. The Bertz CT molecular complexity index is 122. The molecule has 0 bridgehead atoms. The molecule has 0 rings (SSSR count). The molecule has 0 aliphatic heterocycles. The van der Waals surface area contributed by atoms with Crippen molar-refractivity contribution in [1.29, 1.82) is 0 Å². The van der Waals surface area contributed by atoms with Gasteiger partial charge in [0.15, 0.2) is 0 Å². The van der Waals surface area contributed by atoms with Crippen molar-refractivity contribution in [3.63, 3.8) is 0 Å². The number of likely N-dealkylation sites (N-methyl/N-ethyl adjacent to an activating group) is 2. The molecular formula is C7H21N3O. The van der Waals surface area contributed by atoms with Gasteiger partial charge in [-0.1, -0.05) is 0 Å². The largest absolute Gasteiger partial charge is 0.354 e.